The Balaban J connectivity index is 2.28. The molecule has 3 atom stereocenters. The van der Waals surface area contributed by atoms with Crippen molar-refractivity contribution in [3.05, 3.63) is 39.7 Å². The minimum absolute atomic E-state index is 0.0854. The summed E-state index contributed by atoms with van der Waals surface area (Å²) in [5.74, 6) is -1.03. The van der Waals surface area contributed by atoms with E-state index in [9.17, 15) is 22.9 Å². The van der Waals surface area contributed by atoms with Gasteiger partial charge in [0.25, 0.3) is 5.69 Å². The van der Waals surface area contributed by atoms with Crippen molar-refractivity contribution in [3.63, 3.8) is 0 Å². The number of hydrogen-bond donors (Lipinski definition) is 1. The zero-order valence-corrected chi connectivity index (χ0v) is 15.1. The highest BCUT2D eigenvalue weighted by Gasteiger charge is 2.57. The van der Waals surface area contributed by atoms with Crippen molar-refractivity contribution >= 4 is 21.7 Å². The Bertz CT molecular complexity index is 890. The molecule has 9 nitrogen and oxygen atoms in total. The lowest BCUT2D eigenvalue weighted by molar-refractivity contribution is -0.385. The minimum Gasteiger partial charge on any atom is -0.381 e. The summed E-state index contributed by atoms with van der Waals surface area (Å²) in [4.78, 5) is 14.8. The number of hydrogen-bond acceptors (Lipinski definition) is 7. The standard InChI is InChI=1S/C15H19FN4O5S/c1-19-14(17)18-15(11-7-9(20(21)22)3-4-12(11)16)6-5-10(25-2)8-13(15)26(19,23)24/h3-4,7,10,13H,5-6,8H2,1-2H3,(H2,17,18). The predicted octanol–water partition coefficient (Wildman–Crippen LogP) is 1.09. The summed E-state index contributed by atoms with van der Waals surface area (Å²) >= 11 is 0. The Morgan fingerprint density at radius 2 is 2.19 bits per heavy atom. The molecule has 142 valence electrons. The first-order chi connectivity index (χ1) is 12.1. The van der Waals surface area contributed by atoms with Crippen LogP contribution in [0.5, 0.6) is 0 Å². The number of guanidine groups is 1. The van der Waals surface area contributed by atoms with Gasteiger partial charge in [-0.3, -0.25) is 10.1 Å². The highest BCUT2D eigenvalue weighted by Crippen LogP contribution is 2.48. The van der Waals surface area contributed by atoms with E-state index < -0.39 is 31.6 Å². The third kappa shape index (κ3) is 2.62. The molecular formula is C15H19FN4O5S. The SMILES string of the molecule is COC1CCC2(c3cc([N+](=O)[O-])ccc3F)N=C(N)N(C)S(=O)(=O)C2C1. The van der Waals surface area contributed by atoms with Crippen molar-refractivity contribution in [2.24, 2.45) is 10.7 Å². The van der Waals surface area contributed by atoms with Gasteiger partial charge in [0.2, 0.25) is 16.0 Å². The van der Waals surface area contributed by atoms with Crippen molar-refractivity contribution in [2.45, 2.75) is 36.2 Å². The smallest absolute Gasteiger partial charge is 0.270 e. The van der Waals surface area contributed by atoms with E-state index in [2.05, 4.69) is 4.99 Å². The number of benzene rings is 1. The van der Waals surface area contributed by atoms with Gasteiger partial charge in [0.1, 0.15) is 16.6 Å². The summed E-state index contributed by atoms with van der Waals surface area (Å²) in [6.07, 6.45) is 0.308. The van der Waals surface area contributed by atoms with Crippen molar-refractivity contribution < 1.29 is 22.5 Å². The van der Waals surface area contributed by atoms with Crippen LogP contribution < -0.4 is 5.73 Å². The highest BCUT2D eigenvalue weighted by molar-refractivity contribution is 7.90. The van der Waals surface area contributed by atoms with Crippen molar-refractivity contribution in [1.29, 1.82) is 0 Å². The van der Waals surface area contributed by atoms with Crippen LogP contribution in [0.1, 0.15) is 24.8 Å². The molecule has 0 saturated heterocycles. The molecule has 1 saturated carbocycles. The molecule has 1 aromatic carbocycles. The third-order valence-electron chi connectivity index (χ3n) is 5.20. The average molecular weight is 386 g/mol. The van der Waals surface area contributed by atoms with Crippen LogP contribution in [0, 0.1) is 15.9 Å². The molecule has 1 aliphatic carbocycles. The maximum Gasteiger partial charge on any atom is 0.270 e. The van der Waals surface area contributed by atoms with Gasteiger partial charge < -0.3 is 10.5 Å². The zero-order chi connectivity index (χ0) is 19.3. The van der Waals surface area contributed by atoms with Gasteiger partial charge in [0.15, 0.2) is 0 Å². The van der Waals surface area contributed by atoms with Crippen molar-refractivity contribution in [3.8, 4) is 0 Å². The monoisotopic (exact) mass is 386 g/mol. The number of fused-ring (bicyclic) bond motifs is 1. The van der Waals surface area contributed by atoms with Crippen LogP contribution in [0.3, 0.4) is 0 Å². The molecule has 11 heteroatoms. The molecule has 0 radical (unpaired) electrons. The van der Waals surface area contributed by atoms with Crippen LogP contribution in [0.2, 0.25) is 0 Å². The second kappa shape index (κ2) is 6.16. The molecule has 1 heterocycles. The number of halogens is 1. The molecule has 1 aliphatic heterocycles. The van der Waals surface area contributed by atoms with Crippen LogP contribution >= 0.6 is 0 Å². The highest BCUT2D eigenvalue weighted by atomic mass is 32.2. The average Bonchev–Trinajstić information content (AvgIpc) is 2.60. The predicted molar refractivity (Wildman–Crippen MR) is 91.5 cm³/mol. The number of nitrogens with two attached hydrogens (primary N) is 1. The lowest BCUT2D eigenvalue weighted by Gasteiger charge is -2.47. The van der Waals surface area contributed by atoms with Crippen LogP contribution in [-0.2, 0) is 20.3 Å². The Kier molecular flexibility index (Phi) is 4.39. The van der Waals surface area contributed by atoms with Gasteiger partial charge in [-0.15, -0.1) is 0 Å². The fourth-order valence-electron chi connectivity index (χ4n) is 3.73. The van der Waals surface area contributed by atoms with E-state index in [-0.39, 0.29) is 36.2 Å². The van der Waals surface area contributed by atoms with Gasteiger partial charge in [-0.2, -0.15) is 0 Å². The first-order valence-electron chi connectivity index (χ1n) is 7.94. The molecule has 1 fully saturated rings. The van der Waals surface area contributed by atoms with E-state index >= 15 is 0 Å². The molecule has 3 rings (SSSR count). The molecule has 0 bridgehead atoms. The van der Waals surface area contributed by atoms with Crippen LogP contribution in [0.25, 0.3) is 0 Å². The quantitative estimate of drug-likeness (QED) is 0.612. The van der Waals surface area contributed by atoms with Gasteiger partial charge in [0, 0.05) is 31.9 Å². The largest absolute Gasteiger partial charge is 0.381 e. The van der Waals surface area contributed by atoms with Crippen LogP contribution in [0.4, 0.5) is 10.1 Å². The molecule has 0 amide bonds. The number of nitro groups is 1. The summed E-state index contributed by atoms with van der Waals surface area (Å²) in [5, 5.41) is 9.99. The summed E-state index contributed by atoms with van der Waals surface area (Å²) in [6, 6.07) is 3.03. The molecule has 26 heavy (non-hydrogen) atoms. The molecular weight excluding hydrogens is 367 g/mol. The van der Waals surface area contributed by atoms with E-state index in [0.29, 0.717) is 6.42 Å². The maximum atomic E-state index is 14.7. The second-order valence-corrected chi connectivity index (χ2v) is 8.60. The van der Waals surface area contributed by atoms with Gasteiger partial charge in [-0.05, 0) is 25.3 Å². The zero-order valence-electron chi connectivity index (χ0n) is 14.3. The fourth-order valence-corrected chi connectivity index (χ4v) is 5.66. The summed E-state index contributed by atoms with van der Waals surface area (Å²) in [7, 11) is -1.20. The summed E-state index contributed by atoms with van der Waals surface area (Å²) in [5.41, 5.74) is 3.81. The number of aliphatic imine (C=N–C) groups is 1. The number of rotatable bonds is 3. The van der Waals surface area contributed by atoms with Gasteiger partial charge in [0.05, 0.1) is 11.0 Å². The van der Waals surface area contributed by atoms with E-state index in [1.54, 1.807) is 0 Å². The van der Waals surface area contributed by atoms with Gasteiger partial charge in [-0.1, -0.05) is 0 Å². The fraction of sp³-hybridized carbons (Fsp3) is 0.533. The number of non-ortho nitro benzene ring substituents is 1. The summed E-state index contributed by atoms with van der Waals surface area (Å²) in [6.45, 7) is 0. The minimum atomic E-state index is -3.95. The Morgan fingerprint density at radius 3 is 2.81 bits per heavy atom. The molecule has 3 unspecified atom stereocenters. The van der Waals surface area contributed by atoms with E-state index in [0.717, 1.165) is 22.5 Å². The van der Waals surface area contributed by atoms with Crippen LogP contribution in [0.15, 0.2) is 23.2 Å². The van der Waals surface area contributed by atoms with Crippen molar-refractivity contribution in [2.75, 3.05) is 14.2 Å². The first-order valence-corrected chi connectivity index (χ1v) is 9.44. The van der Waals surface area contributed by atoms with Gasteiger partial charge in [-0.25, -0.2) is 22.1 Å². The van der Waals surface area contributed by atoms with Crippen molar-refractivity contribution in [1.82, 2.24) is 4.31 Å². The molecule has 0 aromatic heterocycles. The topological polar surface area (TPSA) is 128 Å². The Labute approximate surface area is 149 Å². The van der Waals surface area contributed by atoms with Crippen LogP contribution in [-0.4, -0.2) is 49.1 Å². The maximum absolute atomic E-state index is 14.7. The Morgan fingerprint density at radius 1 is 1.50 bits per heavy atom. The van der Waals surface area contributed by atoms with E-state index in [4.69, 9.17) is 10.5 Å². The molecule has 1 aromatic rings. The second-order valence-electron chi connectivity index (χ2n) is 6.45. The summed E-state index contributed by atoms with van der Waals surface area (Å²) < 4.78 is 46.8. The first kappa shape index (κ1) is 18.5. The van der Waals surface area contributed by atoms with Gasteiger partial charge >= 0.3 is 0 Å². The number of nitro benzene ring substituents is 1. The molecule has 2 aliphatic rings. The number of nitrogens with zero attached hydrogens (tertiary/aromatic N) is 3. The number of sulfonamides is 1. The normalized spacial score (nSPS) is 30.4. The molecule has 0 spiro atoms. The lowest BCUT2D eigenvalue weighted by atomic mass is 9.75. The molecule has 2 N–H and O–H groups in total. The van der Waals surface area contributed by atoms with E-state index in [1.165, 1.54) is 14.2 Å². The number of ether oxygens (including phenoxy) is 1. The van der Waals surface area contributed by atoms with E-state index in [1.807, 2.05) is 0 Å². The Hall–Kier alpha value is -2.27. The third-order valence-corrected chi connectivity index (χ3v) is 7.45. The number of methoxy groups -OCH3 is 1. The lowest BCUT2D eigenvalue weighted by Crippen LogP contribution is -2.60.